The molecular formula is C26H29NO3. The summed E-state index contributed by atoms with van der Waals surface area (Å²) in [6.07, 6.45) is 4.59. The predicted octanol–water partition coefficient (Wildman–Crippen LogP) is 5.00. The number of nitrogens with zero attached hydrogens (tertiary/aromatic N) is 1. The molecule has 156 valence electrons. The molecule has 1 aliphatic rings. The van der Waals surface area contributed by atoms with Gasteiger partial charge in [-0.2, -0.15) is 0 Å². The molecule has 0 aliphatic heterocycles. The predicted molar refractivity (Wildman–Crippen MR) is 120 cm³/mol. The van der Waals surface area contributed by atoms with Crippen LogP contribution in [0.4, 0.5) is 0 Å². The molecule has 4 rings (SSSR count). The molecule has 1 aliphatic carbocycles. The normalized spacial score (nSPS) is 19.1. The van der Waals surface area contributed by atoms with Crippen LogP contribution >= 0.6 is 0 Å². The zero-order valence-corrected chi connectivity index (χ0v) is 17.8. The number of rotatable bonds is 6. The van der Waals surface area contributed by atoms with Crippen molar-refractivity contribution in [1.29, 1.82) is 0 Å². The molecule has 1 saturated carbocycles. The van der Waals surface area contributed by atoms with E-state index in [9.17, 15) is 9.59 Å². The molecular weight excluding hydrogens is 374 g/mol. The first-order chi connectivity index (χ1) is 14.6. The van der Waals surface area contributed by atoms with Crippen molar-refractivity contribution in [3.05, 3.63) is 81.6 Å². The molecule has 2 aromatic carbocycles. The van der Waals surface area contributed by atoms with Gasteiger partial charge < -0.3 is 9.30 Å². The lowest BCUT2D eigenvalue weighted by Gasteiger charge is -2.26. The highest BCUT2D eigenvalue weighted by Crippen LogP contribution is 2.29. The van der Waals surface area contributed by atoms with Crippen LogP contribution in [-0.2, 0) is 17.7 Å². The Bertz CT molecular complexity index is 1090. The summed E-state index contributed by atoms with van der Waals surface area (Å²) in [5.41, 5.74) is 3.54. The number of aryl methyl sites for hydroxylation is 1. The molecule has 30 heavy (non-hydrogen) atoms. The van der Waals surface area contributed by atoms with Crippen LogP contribution in [0.2, 0.25) is 0 Å². The number of methoxy groups -OCH3 is 1. The Morgan fingerprint density at radius 1 is 1.03 bits per heavy atom. The number of aromatic nitrogens is 1. The van der Waals surface area contributed by atoms with E-state index in [1.165, 1.54) is 0 Å². The molecule has 0 unspecified atom stereocenters. The van der Waals surface area contributed by atoms with Crippen LogP contribution in [0.3, 0.4) is 0 Å². The van der Waals surface area contributed by atoms with Crippen molar-refractivity contribution in [2.75, 3.05) is 7.11 Å². The summed E-state index contributed by atoms with van der Waals surface area (Å²) in [5, 5.41) is 0.957. The van der Waals surface area contributed by atoms with Crippen molar-refractivity contribution in [1.82, 2.24) is 4.57 Å². The number of ketones is 1. The fourth-order valence-electron chi connectivity index (χ4n) is 4.57. The average Bonchev–Trinajstić information content (AvgIpc) is 2.80. The minimum Gasteiger partial charge on any atom is -0.381 e. The van der Waals surface area contributed by atoms with Crippen LogP contribution in [0.5, 0.6) is 0 Å². The molecule has 1 heterocycles. The molecule has 4 heteroatoms. The third-order valence-electron chi connectivity index (χ3n) is 6.40. The Hall–Kier alpha value is -2.72. The summed E-state index contributed by atoms with van der Waals surface area (Å²) >= 11 is 0. The summed E-state index contributed by atoms with van der Waals surface area (Å²) < 4.78 is 7.27. The second-order valence-electron chi connectivity index (χ2n) is 8.25. The van der Waals surface area contributed by atoms with Crippen LogP contribution in [0.15, 0.2) is 59.4 Å². The summed E-state index contributed by atoms with van der Waals surface area (Å²) in [7, 11) is 1.75. The Labute approximate surface area is 177 Å². The number of benzene rings is 2. The number of pyridine rings is 1. The van der Waals surface area contributed by atoms with E-state index in [-0.39, 0.29) is 23.4 Å². The summed E-state index contributed by atoms with van der Waals surface area (Å²) in [4.78, 5) is 26.2. The lowest BCUT2D eigenvalue weighted by Crippen LogP contribution is -2.26. The molecule has 1 aromatic heterocycles. The van der Waals surface area contributed by atoms with Crippen molar-refractivity contribution < 1.29 is 9.53 Å². The van der Waals surface area contributed by atoms with Gasteiger partial charge in [-0.1, -0.05) is 37.3 Å². The number of ether oxygens (including phenoxy) is 1. The smallest absolute Gasteiger partial charge is 0.254 e. The highest BCUT2D eigenvalue weighted by Gasteiger charge is 2.27. The third kappa shape index (κ3) is 4.10. The summed E-state index contributed by atoms with van der Waals surface area (Å²) in [5.74, 6) is 0.278. The molecule has 3 aromatic rings. The second kappa shape index (κ2) is 8.97. The van der Waals surface area contributed by atoms with Gasteiger partial charge in [0.25, 0.3) is 5.56 Å². The van der Waals surface area contributed by atoms with Gasteiger partial charge in [0, 0.05) is 24.2 Å². The molecule has 0 radical (unpaired) electrons. The van der Waals surface area contributed by atoms with Gasteiger partial charge >= 0.3 is 0 Å². The molecule has 1 fully saturated rings. The van der Waals surface area contributed by atoms with Gasteiger partial charge in [-0.15, -0.1) is 0 Å². The zero-order chi connectivity index (χ0) is 21.1. The number of hydrogen-bond acceptors (Lipinski definition) is 3. The maximum atomic E-state index is 13.1. The Morgan fingerprint density at radius 2 is 1.77 bits per heavy atom. The molecule has 0 saturated heterocycles. The standard InChI is InChI=1S/C26H29NO3/c1-3-19-15-22-16-21(25(28)20-9-12-23(30-2)13-10-20)11-14-24(22)27(26(19)29)17-18-7-5-4-6-8-18/h4-8,11,14-16,20,23H,3,9-10,12-13,17H2,1-2H3. The van der Waals surface area contributed by atoms with Gasteiger partial charge in [0.15, 0.2) is 5.78 Å². The van der Waals surface area contributed by atoms with E-state index in [0.29, 0.717) is 13.0 Å². The van der Waals surface area contributed by atoms with E-state index in [0.717, 1.165) is 53.3 Å². The van der Waals surface area contributed by atoms with E-state index in [2.05, 4.69) is 0 Å². The van der Waals surface area contributed by atoms with E-state index >= 15 is 0 Å². The fraction of sp³-hybridized carbons (Fsp3) is 0.385. The van der Waals surface area contributed by atoms with Gasteiger partial charge in [0.1, 0.15) is 0 Å². The molecule has 4 nitrogen and oxygen atoms in total. The Kier molecular flexibility index (Phi) is 6.14. The van der Waals surface area contributed by atoms with Crippen LogP contribution < -0.4 is 5.56 Å². The SMILES string of the molecule is CCc1cc2cc(C(=O)C3CCC(OC)CC3)ccc2n(Cc2ccccc2)c1=O. The lowest BCUT2D eigenvalue weighted by molar-refractivity contribution is 0.0519. The molecule has 0 atom stereocenters. The number of carbonyl (C=O) groups is 1. The molecule has 0 amide bonds. The summed E-state index contributed by atoms with van der Waals surface area (Å²) in [6.45, 7) is 2.52. The highest BCUT2D eigenvalue weighted by atomic mass is 16.5. The molecule has 0 bridgehead atoms. The van der Waals surface area contributed by atoms with Crippen molar-refractivity contribution in [2.45, 2.75) is 51.7 Å². The van der Waals surface area contributed by atoms with E-state index in [1.54, 1.807) is 7.11 Å². The maximum absolute atomic E-state index is 13.1. The van der Waals surface area contributed by atoms with E-state index in [1.807, 2.05) is 66.1 Å². The first-order valence-electron chi connectivity index (χ1n) is 10.9. The highest BCUT2D eigenvalue weighted by molar-refractivity contribution is 6.01. The summed E-state index contributed by atoms with van der Waals surface area (Å²) in [6, 6.07) is 17.8. The molecule has 0 N–H and O–H groups in total. The Morgan fingerprint density at radius 3 is 2.43 bits per heavy atom. The topological polar surface area (TPSA) is 48.3 Å². The van der Waals surface area contributed by atoms with Gasteiger partial charge in [-0.05, 0) is 67.3 Å². The number of carbonyl (C=O) groups excluding carboxylic acids is 1. The second-order valence-corrected chi connectivity index (χ2v) is 8.25. The fourth-order valence-corrected chi connectivity index (χ4v) is 4.57. The van der Waals surface area contributed by atoms with Crippen molar-refractivity contribution in [3.8, 4) is 0 Å². The third-order valence-corrected chi connectivity index (χ3v) is 6.40. The van der Waals surface area contributed by atoms with Gasteiger partial charge in [0.2, 0.25) is 0 Å². The van der Waals surface area contributed by atoms with Gasteiger partial charge in [-0.25, -0.2) is 0 Å². The van der Waals surface area contributed by atoms with Crippen LogP contribution in [0, 0.1) is 5.92 Å². The monoisotopic (exact) mass is 403 g/mol. The minimum atomic E-state index is 0.0471. The van der Waals surface area contributed by atoms with Crippen molar-refractivity contribution in [3.63, 3.8) is 0 Å². The van der Waals surface area contributed by atoms with Crippen molar-refractivity contribution >= 4 is 16.7 Å². The Balaban J connectivity index is 1.70. The lowest BCUT2D eigenvalue weighted by atomic mass is 9.82. The first-order valence-corrected chi connectivity index (χ1v) is 10.9. The zero-order valence-electron chi connectivity index (χ0n) is 17.8. The maximum Gasteiger partial charge on any atom is 0.254 e. The largest absolute Gasteiger partial charge is 0.381 e. The molecule has 0 spiro atoms. The van der Waals surface area contributed by atoms with Crippen molar-refractivity contribution in [2.24, 2.45) is 5.92 Å². The minimum absolute atomic E-state index is 0.0471. The van der Waals surface area contributed by atoms with Crippen LogP contribution in [-0.4, -0.2) is 23.6 Å². The number of hydrogen-bond donors (Lipinski definition) is 0. The van der Waals surface area contributed by atoms with Gasteiger partial charge in [0.05, 0.1) is 18.2 Å². The average molecular weight is 404 g/mol. The van der Waals surface area contributed by atoms with E-state index < -0.39 is 0 Å². The quantitative estimate of drug-likeness (QED) is 0.544. The van der Waals surface area contributed by atoms with Crippen LogP contribution in [0.1, 0.15) is 54.1 Å². The number of Topliss-reactive ketones (excluding diaryl/α,β-unsaturated/α-hetero) is 1. The first kappa shape index (κ1) is 20.5. The van der Waals surface area contributed by atoms with Crippen LogP contribution in [0.25, 0.3) is 10.9 Å². The number of fused-ring (bicyclic) bond motifs is 1. The van der Waals surface area contributed by atoms with Gasteiger partial charge in [-0.3, -0.25) is 9.59 Å². The van der Waals surface area contributed by atoms with E-state index in [4.69, 9.17) is 4.74 Å².